The molecule has 3 nitrogen and oxygen atoms in total. The van der Waals surface area contributed by atoms with Gasteiger partial charge >= 0.3 is 0 Å². The van der Waals surface area contributed by atoms with E-state index in [1.807, 2.05) is 12.1 Å². The summed E-state index contributed by atoms with van der Waals surface area (Å²) < 4.78 is 1.07. The maximum atomic E-state index is 12.2. The van der Waals surface area contributed by atoms with Crippen LogP contribution in [0.5, 0.6) is 0 Å². The largest absolute Gasteiger partial charge is 0.347 e. The van der Waals surface area contributed by atoms with Crippen molar-refractivity contribution in [3.63, 3.8) is 0 Å². The van der Waals surface area contributed by atoms with E-state index in [4.69, 9.17) is 0 Å². The fourth-order valence-electron chi connectivity index (χ4n) is 2.87. The second kappa shape index (κ2) is 6.46. The molecule has 110 valence electrons. The molecule has 3 rings (SSSR count). The van der Waals surface area contributed by atoms with Gasteiger partial charge in [0.25, 0.3) is 0 Å². The lowest BCUT2D eigenvalue weighted by Gasteiger charge is -2.19. The van der Waals surface area contributed by atoms with Crippen molar-refractivity contribution < 1.29 is 4.79 Å². The Morgan fingerprint density at radius 3 is 2.85 bits per heavy atom. The minimum Gasteiger partial charge on any atom is -0.347 e. The van der Waals surface area contributed by atoms with Gasteiger partial charge in [-0.15, -0.1) is 12.4 Å². The molecule has 20 heavy (non-hydrogen) atoms. The van der Waals surface area contributed by atoms with Crippen LogP contribution >= 0.6 is 28.3 Å². The van der Waals surface area contributed by atoms with Crippen molar-refractivity contribution in [2.45, 2.75) is 43.7 Å². The van der Waals surface area contributed by atoms with Crippen molar-refractivity contribution in [2.75, 3.05) is 6.54 Å². The van der Waals surface area contributed by atoms with Crippen LogP contribution in [0.25, 0.3) is 0 Å². The Morgan fingerprint density at radius 2 is 2.25 bits per heavy atom. The van der Waals surface area contributed by atoms with Crippen LogP contribution in [0.15, 0.2) is 28.7 Å². The van der Waals surface area contributed by atoms with Gasteiger partial charge in [0.2, 0.25) is 5.91 Å². The van der Waals surface area contributed by atoms with E-state index >= 15 is 0 Å². The van der Waals surface area contributed by atoms with Gasteiger partial charge in [-0.3, -0.25) is 4.79 Å². The second-order valence-electron chi connectivity index (χ2n) is 5.64. The van der Waals surface area contributed by atoms with E-state index in [0.29, 0.717) is 12.5 Å². The third-order valence-electron chi connectivity index (χ3n) is 4.10. The number of amides is 1. The van der Waals surface area contributed by atoms with E-state index in [-0.39, 0.29) is 23.9 Å². The molecule has 0 spiro atoms. The quantitative estimate of drug-likeness (QED) is 0.867. The van der Waals surface area contributed by atoms with Gasteiger partial charge in [0.05, 0.1) is 5.54 Å². The van der Waals surface area contributed by atoms with Crippen molar-refractivity contribution >= 4 is 34.2 Å². The maximum Gasteiger partial charge on any atom is 0.222 e. The van der Waals surface area contributed by atoms with Crippen molar-refractivity contribution in [1.82, 2.24) is 10.6 Å². The van der Waals surface area contributed by atoms with Crippen LogP contribution in [0.3, 0.4) is 0 Å². The number of carbonyl (C=O) groups is 1. The van der Waals surface area contributed by atoms with E-state index in [1.165, 1.54) is 12.0 Å². The molecule has 1 amide bonds. The van der Waals surface area contributed by atoms with E-state index in [1.54, 1.807) is 0 Å². The van der Waals surface area contributed by atoms with Crippen LogP contribution in [0.2, 0.25) is 0 Å². The Hall–Kier alpha value is -0.580. The summed E-state index contributed by atoms with van der Waals surface area (Å²) in [6.07, 6.45) is 5.02. The predicted octanol–water partition coefficient (Wildman–Crippen LogP) is 3.12. The molecular formula is C15H20BrClN2O. The summed E-state index contributed by atoms with van der Waals surface area (Å²) in [6, 6.07) is 8.64. The van der Waals surface area contributed by atoms with Crippen LogP contribution in [0.4, 0.5) is 0 Å². The first kappa shape index (κ1) is 15.8. The van der Waals surface area contributed by atoms with Crippen LogP contribution in [0.1, 0.15) is 37.7 Å². The minimum absolute atomic E-state index is 0. The fourth-order valence-corrected chi connectivity index (χ4v) is 3.27. The smallest absolute Gasteiger partial charge is 0.222 e. The SMILES string of the molecule is Cl.O=C(CC1CCCN1)NC1(c2cccc(Br)c2)CC1. The van der Waals surface area contributed by atoms with Crippen LogP contribution in [-0.4, -0.2) is 18.5 Å². The van der Waals surface area contributed by atoms with Crippen molar-refractivity contribution in [1.29, 1.82) is 0 Å². The van der Waals surface area contributed by atoms with E-state index in [2.05, 4.69) is 38.7 Å². The zero-order valence-electron chi connectivity index (χ0n) is 11.3. The van der Waals surface area contributed by atoms with Gasteiger partial charge in [0, 0.05) is 16.9 Å². The Balaban J connectivity index is 0.00000147. The summed E-state index contributed by atoms with van der Waals surface area (Å²) >= 11 is 3.50. The molecule has 0 aromatic heterocycles. The Morgan fingerprint density at radius 1 is 1.45 bits per heavy atom. The molecule has 1 unspecified atom stereocenters. The lowest BCUT2D eigenvalue weighted by molar-refractivity contribution is -0.122. The lowest BCUT2D eigenvalue weighted by Crippen LogP contribution is -2.38. The summed E-state index contributed by atoms with van der Waals surface area (Å²) in [6.45, 7) is 1.05. The van der Waals surface area contributed by atoms with E-state index in [9.17, 15) is 4.79 Å². The fraction of sp³-hybridized carbons (Fsp3) is 0.533. The van der Waals surface area contributed by atoms with Crippen molar-refractivity contribution in [3.8, 4) is 0 Å². The first-order valence-electron chi connectivity index (χ1n) is 6.98. The number of carbonyl (C=O) groups excluding carboxylic acids is 1. The Kier molecular flexibility index (Phi) is 5.10. The average molecular weight is 360 g/mol. The van der Waals surface area contributed by atoms with E-state index < -0.39 is 0 Å². The lowest BCUT2D eigenvalue weighted by atomic mass is 10.0. The van der Waals surface area contributed by atoms with Gasteiger partial charge in [-0.2, -0.15) is 0 Å². The van der Waals surface area contributed by atoms with Gasteiger partial charge in [-0.05, 0) is 49.9 Å². The third-order valence-corrected chi connectivity index (χ3v) is 4.59. The van der Waals surface area contributed by atoms with Crippen LogP contribution in [0, 0.1) is 0 Å². The highest BCUT2D eigenvalue weighted by Gasteiger charge is 2.45. The second-order valence-corrected chi connectivity index (χ2v) is 6.55. The molecule has 1 aliphatic carbocycles. The van der Waals surface area contributed by atoms with Crippen LogP contribution < -0.4 is 10.6 Å². The number of nitrogens with one attached hydrogen (secondary N) is 2. The number of halogens is 2. The number of hydrogen-bond acceptors (Lipinski definition) is 2. The Labute approximate surface area is 134 Å². The zero-order chi connectivity index (χ0) is 13.3. The maximum absolute atomic E-state index is 12.2. The first-order valence-corrected chi connectivity index (χ1v) is 7.78. The van der Waals surface area contributed by atoms with Crippen molar-refractivity contribution in [3.05, 3.63) is 34.3 Å². The highest BCUT2D eigenvalue weighted by molar-refractivity contribution is 9.10. The average Bonchev–Trinajstić information content (AvgIpc) is 2.97. The molecule has 1 aromatic carbocycles. The molecular weight excluding hydrogens is 340 g/mol. The molecule has 0 bridgehead atoms. The highest BCUT2D eigenvalue weighted by atomic mass is 79.9. The molecule has 5 heteroatoms. The zero-order valence-corrected chi connectivity index (χ0v) is 13.7. The summed E-state index contributed by atoms with van der Waals surface area (Å²) in [7, 11) is 0. The first-order chi connectivity index (χ1) is 9.18. The summed E-state index contributed by atoms with van der Waals surface area (Å²) in [4.78, 5) is 12.2. The normalized spacial score (nSPS) is 22.9. The van der Waals surface area contributed by atoms with Gasteiger partial charge in [-0.1, -0.05) is 28.1 Å². The van der Waals surface area contributed by atoms with Gasteiger partial charge < -0.3 is 10.6 Å². The number of benzene rings is 1. The molecule has 2 N–H and O–H groups in total. The van der Waals surface area contributed by atoms with Crippen LogP contribution in [-0.2, 0) is 10.3 Å². The number of rotatable bonds is 4. The molecule has 0 radical (unpaired) electrons. The third kappa shape index (κ3) is 3.54. The molecule has 2 fully saturated rings. The van der Waals surface area contributed by atoms with Gasteiger partial charge in [-0.25, -0.2) is 0 Å². The minimum atomic E-state index is -0.0978. The van der Waals surface area contributed by atoms with Gasteiger partial charge in [0.15, 0.2) is 0 Å². The topological polar surface area (TPSA) is 41.1 Å². The Bertz CT molecular complexity index is 485. The molecule has 1 atom stereocenters. The number of hydrogen-bond donors (Lipinski definition) is 2. The summed E-state index contributed by atoms with van der Waals surface area (Å²) in [5, 5.41) is 6.61. The molecule has 2 aliphatic rings. The molecule has 1 heterocycles. The van der Waals surface area contributed by atoms with Gasteiger partial charge in [0.1, 0.15) is 0 Å². The summed E-state index contributed by atoms with van der Waals surface area (Å²) in [5.74, 6) is 0.178. The van der Waals surface area contributed by atoms with E-state index in [0.717, 1.165) is 30.3 Å². The summed E-state index contributed by atoms with van der Waals surface area (Å²) in [5.41, 5.74) is 1.12. The molecule has 1 aliphatic heterocycles. The monoisotopic (exact) mass is 358 g/mol. The molecule has 1 saturated heterocycles. The predicted molar refractivity (Wildman–Crippen MR) is 86.1 cm³/mol. The van der Waals surface area contributed by atoms with Crippen molar-refractivity contribution in [2.24, 2.45) is 0 Å². The standard InChI is InChI=1S/C15H19BrN2O.ClH/c16-12-4-1-3-11(9-12)15(6-7-15)18-14(19)10-13-5-2-8-17-13;/h1,3-4,9,13,17H,2,5-8,10H2,(H,18,19);1H. The molecule has 1 aromatic rings. The highest BCUT2D eigenvalue weighted by Crippen LogP contribution is 2.46. The molecule has 1 saturated carbocycles.